The number of Topliss-reactive ketones (excluding diaryl/α,β-unsaturated/α-hetero) is 1. The van der Waals surface area contributed by atoms with E-state index in [0.717, 1.165) is 37.8 Å². The molecule has 9 heteroatoms. The topological polar surface area (TPSA) is 173 Å². The summed E-state index contributed by atoms with van der Waals surface area (Å²) in [6.45, 7) is 0. The van der Waals surface area contributed by atoms with Crippen molar-refractivity contribution in [1.82, 2.24) is 15.4 Å². The molecule has 0 bridgehead atoms. The third-order valence-corrected chi connectivity index (χ3v) is 5.26. The van der Waals surface area contributed by atoms with E-state index in [9.17, 15) is 14.7 Å². The highest BCUT2D eigenvalue weighted by Gasteiger charge is 2.39. The Balaban J connectivity index is 2.13. The molecule has 146 valence electrons. The van der Waals surface area contributed by atoms with Gasteiger partial charge in [-0.1, -0.05) is 19.3 Å². The SMILES string of the molecule is NNC(=O)C[C@H](O)[C@@H](N)C(C(=O)[C@@H](N)Cc1cnc[nH]1)C1CCCCC1. The quantitative estimate of drug-likeness (QED) is 0.187. The van der Waals surface area contributed by atoms with Gasteiger partial charge in [-0.25, -0.2) is 10.8 Å². The van der Waals surface area contributed by atoms with Gasteiger partial charge in [0.1, 0.15) is 0 Å². The minimum absolute atomic E-state index is 0.0645. The fourth-order valence-electron chi connectivity index (χ4n) is 3.83. The van der Waals surface area contributed by atoms with Crippen LogP contribution in [-0.4, -0.2) is 45.0 Å². The first-order valence-electron chi connectivity index (χ1n) is 9.13. The Hall–Kier alpha value is -1.81. The molecule has 1 aromatic rings. The Labute approximate surface area is 153 Å². The predicted octanol–water partition coefficient (Wildman–Crippen LogP) is -0.887. The number of nitrogens with two attached hydrogens (primary N) is 3. The van der Waals surface area contributed by atoms with Crippen LogP contribution >= 0.6 is 0 Å². The third-order valence-electron chi connectivity index (χ3n) is 5.26. The first-order valence-corrected chi connectivity index (χ1v) is 9.13. The number of carbonyl (C=O) groups is 2. The van der Waals surface area contributed by atoms with E-state index >= 15 is 0 Å². The lowest BCUT2D eigenvalue weighted by Crippen LogP contribution is -2.53. The molecule has 1 fully saturated rings. The van der Waals surface area contributed by atoms with Gasteiger partial charge in [0.05, 0.1) is 24.9 Å². The molecule has 4 atom stereocenters. The van der Waals surface area contributed by atoms with Crippen molar-refractivity contribution in [2.75, 3.05) is 0 Å². The van der Waals surface area contributed by atoms with Gasteiger partial charge in [0.15, 0.2) is 5.78 Å². The second-order valence-corrected chi connectivity index (χ2v) is 7.13. The zero-order valence-corrected chi connectivity index (χ0v) is 14.9. The van der Waals surface area contributed by atoms with E-state index in [1.807, 2.05) is 5.43 Å². The van der Waals surface area contributed by atoms with E-state index in [-0.39, 0.29) is 18.1 Å². The minimum atomic E-state index is -1.16. The van der Waals surface area contributed by atoms with Crippen molar-refractivity contribution in [3.63, 3.8) is 0 Å². The first kappa shape index (κ1) is 20.5. The summed E-state index contributed by atoms with van der Waals surface area (Å²) in [6.07, 6.45) is 7.01. The minimum Gasteiger partial charge on any atom is -0.391 e. The van der Waals surface area contributed by atoms with Crippen molar-refractivity contribution < 1.29 is 14.7 Å². The van der Waals surface area contributed by atoms with E-state index in [0.29, 0.717) is 6.42 Å². The summed E-state index contributed by atoms with van der Waals surface area (Å²) in [4.78, 5) is 31.4. The van der Waals surface area contributed by atoms with Crippen LogP contribution in [0.5, 0.6) is 0 Å². The Morgan fingerprint density at radius 1 is 1.31 bits per heavy atom. The van der Waals surface area contributed by atoms with Gasteiger partial charge in [-0.2, -0.15) is 0 Å². The lowest BCUT2D eigenvalue weighted by Gasteiger charge is -2.36. The number of imidazole rings is 1. The summed E-state index contributed by atoms with van der Waals surface area (Å²) < 4.78 is 0. The van der Waals surface area contributed by atoms with Crippen molar-refractivity contribution in [2.45, 2.75) is 63.1 Å². The number of ketones is 1. The molecule has 1 unspecified atom stereocenters. The summed E-state index contributed by atoms with van der Waals surface area (Å²) in [6, 6.07) is -1.61. The summed E-state index contributed by atoms with van der Waals surface area (Å²) in [5.74, 6) is 3.85. The Kier molecular flexibility index (Phi) is 7.70. The molecular weight excluding hydrogens is 336 g/mol. The van der Waals surface area contributed by atoms with Gasteiger partial charge in [0.2, 0.25) is 5.91 Å². The monoisotopic (exact) mass is 366 g/mol. The van der Waals surface area contributed by atoms with Crippen LogP contribution in [0.2, 0.25) is 0 Å². The summed E-state index contributed by atoms with van der Waals surface area (Å²) in [7, 11) is 0. The van der Waals surface area contributed by atoms with Crippen LogP contribution in [0.1, 0.15) is 44.2 Å². The molecule has 0 spiro atoms. The zero-order chi connectivity index (χ0) is 19.1. The van der Waals surface area contributed by atoms with Gasteiger partial charge in [-0.15, -0.1) is 0 Å². The number of hydrazine groups is 1. The molecule has 0 aromatic carbocycles. The number of amides is 1. The number of aromatic amines is 1. The fourth-order valence-corrected chi connectivity index (χ4v) is 3.83. The van der Waals surface area contributed by atoms with Crippen molar-refractivity contribution in [3.8, 4) is 0 Å². The largest absolute Gasteiger partial charge is 0.391 e. The number of H-pyrrole nitrogens is 1. The highest BCUT2D eigenvalue weighted by molar-refractivity contribution is 5.87. The molecule has 1 heterocycles. The van der Waals surface area contributed by atoms with Crippen LogP contribution in [0.4, 0.5) is 0 Å². The number of nitrogens with one attached hydrogen (secondary N) is 2. The highest BCUT2D eigenvalue weighted by atomic mass is 16.3. The summed E-state index contributed by atoms with van der Waals surface area (Å²) in [5, 5.41) is 10.4. The maximum atomic E-state index is 13.1. The molecule has 0 saturated heterocycles. The second kappa shape index (κ2) is 9.77. The lowest BCUT2D eigenvalue weighted by molar-refractivity contribution is -0.130. The van der Waals surface area contributed by atoms with Gasteiger partial charge in [0.25, 0.3) is 0 Å². The number of carbonyl (C=O) groups excluding carboxylic acids is 2. The number of aliphatic hydroxyl groups excluding tert-OH is 1. The molecule has 1 aliphatic rings. The van der Waals surface area contributed by atoms with Gasteiger partial charge >= 0.3 is 0 Å². The van der Waals surface area contributed by atoms with Crippen LogP contribution in [0.25, 0.3) is 0 Å². The molecule has 0 radical (unpaired) electrons. The van der Waals surface area contributed by atoms with Gasteiger partial charge in [-0.05, 0) is 18.8 Å². The average Bonchev–Trinajstić information content (AvgIpc) is 3.15. The number of nitrogens with zero attached hydrogens (tertiary/aromatic N) is 1. The smallest absolute Gasteiger partial charge is 0.236 e. The molecule has 1 amide bonds. The fraction of sp³-hybridized carbons (Fsp3) is 0.706. The molecule has 9 nitrogen and oxygen atoms in total. The number of hydrogen-bond donors (Lipinski definition) is 6. The molecule has 26 heavy (non-hydrogen) atoms. The van der Waals surface area contributed by atoms with Crippen LogP contribution in [0.15, 0.2) is 12.5 Å². The number of aromatic nitrogens is 2. The number of hydrogen-bond acceptors (Lipinski definition) is 7. The third kappa shape index (κ3) is 5.34. The molecule has 1 saturated carbocycles. The molecule has 9 N–H and O–H groups in total. The number of aliphatic hydroxyl groups is 1. The normalized spacial score (nSPS) is 20.2. The molecule has 2 rings (SSSR count). The van der Waals surface area contributed by atoms with Crippen molar-refractivity contribution in [1.29, 1.82) is 0 Å². The Bertz CT molecular complexity index is 573. The molecular formula is C17H30N6O3. The van der Waals surface area contributed by atoms with E-state index < -0.39 is 30.0 Å². The molecule has 1 aromatic heterocycles. The van der Waals surface area contributed by atoms with Crippen molar-refractivity contribution in [2.24, 2.45) is 29.1 Å². The Morgan fingerprint density at radius 2 is 2.00 bits per heavy atom. The molecule has 1 aliphatic carbocycles. The van der Waals surface area contributed by atoms with Gasteiger partial charge in [-0.3, -0.25) is 15.0 Å². The van der Waals surface area contributed by atoms with Gasteiger partial charge in [0, 0.05) is 30.3 Å². The second-order valence-electron chi connectivity index (χ2n) is 7.13. The van der Waals surface area contributed by atoms with Crippen LogP contribution < -0.4 is 22.7 Å². The van der Waals surface area contributed by atoms with Crippen molar-refractivity contribution in [3.05, 3.63) is 18.2 Å². The average molecular weight is 366 g/mol. The predicted molar refractivity (Wildman–Crippen MR) is 96.3 cm³/mol. The first-order chi connectivity index (χ1) is 12.4. The highest BCUT2D eigenvalue weighted by Crippen LogP contribution is 2.33. The number of rotatable bonds is 9. The van der Waals surface area contributed by atoms with Crippen molar-refractivity contribution >= 4 is 11.7 Å². The maximum absolute atomic E-state index is 13.1. The summed E-state index contributed by atoms with van der Waals surface area (Å²) >= 11 is 0. The van der Waals surface area contributed by atoms with Gasteiger partial charge < -0.3 is 21.6 Å². The van der Waals surface area contributed by atoms with E-state index in [4.69, 9.17) is 17.3 Å². The lowest BCUT2D eigenvalue weighted by atomic mass is 9.71. The maximum Gasteiger partial charge on any atom is 0.236 e. The van der Waals surface area contributed by atoms with Crippen LogP contribution in [-0.2, 0) is 16.0 Å². The van der Waals surface area contributed by atoms with E-state index in [1.54, 1.807) is 6.20 Å². The van der Waals surface area contributed by atoms with Crippen LogP contribution in [0.3, 0.4) is 0 Å². The van der Waals surface area contributed by atoms with E-state index in [2.05, 4.69) is 9.97 Å². The van der Waals surface area contributed by atoms with E-state index in [1.165, 1.54) is 6.33 Å². The Morgan fingerprint density at radius 3 is 2.58 bits per heavy atom. The molecule has 0 aliphatic heterocycles. The zero-order valence-electron chi connectivity index (χ0n) is 14.9. The summed E-state index contributed by atoms with van der Waals surface area (Å²) in [5.41, 5.74) is 15.1. The standard InChI is InChI=1S/C17H30N6O3/c18-12(6-11-8-21-9-22-11)17(26)15(10-4-2-1-3-5-10)16(19)13(24)7-14(25)23-20/h8-10,12-13,15-16,24H,1-7,18-20H2,(H,21,22)(H,23,25)/t12-,13-,15?,16+/m0/s1. The van der Waals surface area contributed by atoms with Crippen LogP contribution in [0, 0.1) is 11.8 Å².